The number of oxazole rings is 1. The first-order valence-corrected chi connectivity index (χ1v) is 12.8. The molecule has 2 aromatic rings. The molecule has 4 rings (SSSR count). The van der Waals surface area contributed by atoms with Gasteiger partial charge in [-0.3, -0.25) is 9.69 Å². The van der Waals surface area contributed by atoms with Crippen LogP contribution < -0.4 is 0 Å². The van der Waals surface area contributed by atoms with Gasteiger partial charge in [0.05, 0.1) is 17.5 Å². The van der Waals surface area contributed by atoms with Gasteiger partial charge in [-0.25, -0.2) is 13.4 Å². The number of sulfone groups is 1. The number of likely N-dealkylation sites (N-methyl/N-ethyl adjacent to an activating group) is 1. The van der Waals surface area contributed by atoms with E-state index in [1.54, 1.807) is 11.9 Å². The average Bonchev–Trinajstić information content (AvgIpc) is 3.35. The van der Waals surface area contributed by atoms with Crippen molar-refractivity contribution in [2.45, 2.75) is 51.1 Å². The van der Waals surface area contributed by atoms with Crippen molar-refractivity contribution in [1.29, 1.82) is 0 Å². The number of rotatable bonds is 5. The second kappa shape index (κ2) is 8.74. The molecule has 1 amide bonds. The van der Waals surface area contributed by atoms with E-state index in [2.05, 4.69) is 4.90 Å². The fraction of sp³-hybridized carbons (Fsp3) is 0.565. The van der Waals surface area contributed by atoms with Crippen LogP contribution >= 0.6 is 0 Å². The zero-order valence-corrected chi connectivity index (χ0v) is 19.3. The largest absolute Gasteiger partial charge is 0.445 e. The number of aromatic nitrogens is 1. The molecule has 8 heteroatoms. The molecule has 1 aromatic carbocycles. The van der Waals surface area contributed by atoms with Crippen molar-refractivity contribution in [1.82, 2.24) is 14.8 Å². The van der Waals surface area contributed by atoms with Crippen LogP contribution in [0.1, 0.15) is 43.8 Å². The Morgan fingerprint density at radius 1 is 1.19 bits per heavy atom. The maximum atomic E-state index is 13.0. The quantitative estimate of drug-likeness (QED) is 0.704. The second-order valence-corrected chi connectivity index (χ2v) is 11.0. The molecule has 0 N–H and O–H groups in total. The topological polar surface area (TPSA) is 83.7 Å². The normalized spacial score (nSPS) is 23.0. The lowest BCUT2D eigenvalue weighted by atomic mass is 9.95. The summed E-state index contributed by atoms with van der Waals surface area (Å²) in [5.41, 5.74) is 1.96. The van der Waals surface area contributed by atoms with Crippen LogP contribution in [0.4, 0.5) is 0 Å². The summed E-state index contributed by atoms with van der Waals surface area (Å²) in [6, 6.07) is 9.59. The summed E-state index contributed by atoms with van der Waals surface area (Å²) < 4.78 is 29.5. The summed E-state index contributed by atoms with van der Waals surface area (Å²) in [6.07, 6.45) is 2.30. The zero-order chi connectivity index (χ0) is 22.2. The third-order valence-electron chi connectivity index (χ3n) is 6.75. The fourth-order valence-corrected chi connectivity index (χ4v) is 6.48. The molecule has 0 bridgehead atoms. The predicted molar refractivity (Wildman–Crippen MR) is 120 cm³/mol. The minimum atomic E-state index is -3.01. The molecule has 2 fully saturated rings. The highest BCUT2D eigenvalue weighted by atomic mass is 32.2. The lowest BCUT2D eigenvalue weighted by Crippen LogP contribution is -2.51. The first kappa shape index (κ1) is 22.0. The van der Waals surface area contributed by atoms with Gasteiger partial charge in [0.25, 0.3) is 0 Å². The van der Waals surface area contributed by atoms with Crippen LogP contribution in [0.5, 0.6) is 0 Å². The van der Waals surface area contributed by atoms with Crippen LogP contribution in [0.25, 0.3) is 11.3 Å². The molecule has 7 nitrogen and oxygen atoms in total. The fourth-order valence-electron chi connectivity index (χ4n) is 4.70. The molecule has 168 valence electrons. The lowest BCUT2D eigenvalue weighted by Gasteiger charge is -2.37. The van der Waals surface area contributed by atoms with Gasteiger partial charge < -0.3 is 9.32 Å². The predicted octanol–water partition coefficient (Wildman–Crippen LogP) is 2.86. The van der Waals surface area contributed by atoms with Crippen molar-refractivity contribution in [3.8, 4) is 11.3 Å². The SMILES string of the molecule is Cc1oc(C2CCN([C@H](C)C(=O)N(C)[C@H]3CCS(=O)(=O)C3)CC2)nc1-c1ccccc1. The van der Waals surface area contributed by atoms with Crippen LogP contribution in [0.15, 0.2) is 34.7 Å². The third kappa shape index (κ3) is 4.70. The van der Waals surface area contributed by atoms with Crippen LogP contribution in [-0.4, -0.2) is 72.8 Å². The van der Waals surface area contributed by atoms with E-state index < -0.39 is 9.84 Å². The number of carbonyl (C=O) groups is 1. The van der Waals surface area contributed by atoms with Crippen molar-refractivity contribution >= 4 is 15.7 Å². The summed E-state index contributed by atoms with van der Waals surface area (Å²) >= 11 is 0. The second-order valence-electron chi connectivity index (χ2n) is 8.82. The van der Waals surface area contributed by atoms with E-state index in [9.17, 15) is 13.2 Å². The van der Waals surface area contributed by atoms with Crippen molar-refractivity contribution in [2.24, 2.45) is 0 Å². The molecule has 2 aliphatic rings. The molecular weight excluding hydrogens is 414 g/mol. The Morgan fingerprint density at radius 2 is 1.87 bits per heavy atom. The summed E-state index contributed by atoms with van der Waals surface area (Å²) in [7, 11) is -1.28. The minimum Gasteiger partial charge on any atom is -0.445 e. The number of likely N-dealkylation sites (tertiary alicyclic amines) is 1. The van der Waals surface area contributed by atoms with Gasteiger partial charge in [-0.05, 0) is 46.2 Å². The Bertz CT molecular complexity index is 1030. The van der Waals surface area contributed by atoms with Gasteiger partial charge >= 0.3 is 0 Å². The smallest absolute Gasteiger partial charge is 0.239 e. The number of hydrogen-bond acceptors (Lipinski definition) is 6. The monoisotopic (exact) mass is 445 g/mol. The summed E-state index contributed by atoms with van der Waals surface area (Å²) in [6.45, 7) is 5.45. The molecule has 0 spiro atoms. The molecule has 0 radical (unpaired) electrons. The zero-order valence-electron chi connectivity index (χ0n) is 18.5. The number of benzene rings is 1. The summed E-state index contributed by atoms with van der Waals surface area (Å²) in [4.78, 5) is 21.6. The van der Waals surface area contributed by atoms with Gasteiger partial charge in [0, 0.05) is 24.6 Å². The molecule has 31 heavy (non-hydrogen) atoms. The number of aryl methyl sites for hydroxylation is 1. The molecule has 0 unspecified atom stereocenters. The number of hydrogen-bond donors (Lipinski definition) is 0. The Labute approximate surface area is 184 Å². The standard InChI is InChI=1S/C23H31N3O4S/c1-16(23(27)25(3)20-11-14-31(28,29)15-20)26-12-9-19(10-13-26)22-24-21(17(2)30-22)18-7-5-4-6-8-18/h4-8,16,19-20H,9-15H2,1-3H3/t16-,20+/m1/s1. The van der Waals surface area contributed by atoms with Gasteiger partial charge in [-0.1, -0.05) is 30.3 Å². The van der Waals surface area contributed by atoms with E-state index in [0.29, 0.717) is 6.42 Å². The molecule has 2 aliphatic heterocycles. The number of amides is 1. The van der Waals surface area contributed by atoms with Gasteiger partial charge in [-0.15, -0.1) is 0 Å². The maximum absolute atomic E-state index is 13.0. The molecule has 0 saturated carbocycles. The number of piperidine rings is 1. The van der Waals surface area contributed by atoms with Gasteiger partial charge in [0.1, 0.15) is 11.5 Å². The van der Waals surface area contributed by atoms with Crippen molar-refractivity contribution < 1.29 is 17.6 Å². The molecule has 2 saturated heterocycles. The molecule has 3 heterocycles. The van der Waals surface area contributed by atoms with Crippen molar-refractivity contribution in [2.75, 3.05) is 31.6 Å². The molecule has 2 atom stereocenters. The van der Waals surface area contributed by atoms with E-state index >= 15 is 0 Å². The van der Waals surface area contributed by atoms with Crippen LogP contribution in [-0.2, 0) is 14.6 Å². The Hall–Kier alpha value is -2.19. The molecular formula is C23H31N3O4S. The van der Waals surface area contributed by atoms with Crippen molar-refractivity contribution in [3.05, 3.63) is 42.0 Å². The number of nitrogens with zero attached hydrogens (tertiary/aromatic N) is 3. The van der Waals surface area contributed by atoms with Gasteiger partial charge in [0.15, 0.2) is 15.7 Å². The third-order valence-corrected chi connectivity index (χ3v) is 8.50. The first-order valence-electron chi connectivity index (χ1n) is 11.0. The van der Waals surface area contributed by atoms with Gasteiger partial charge in [-0.2, -0.15) is 0 Å². The lowest BCUT2D eigenvalue weighted by molar-refractivity contribution is -0.137. The van der Waals surface area contributed by atoms with Crippen LogP contribution in [0.2, 0.25) is 0 Å². The van der Waals surface area contributed by atoms with E-state index in [4.69, 9.17) is 9.40 Å². The minimum absolute atomic E-state index is 0.00104. The highest BCUT2D eigenvalue weighted by molar-refractivity contribution is 7.91. The summed E-state index contributed by atoms with van der Waals surface area (Å²) in [5.74, 6) is 2.11. The molecule has 0 aliphatic carbocycles. The number of carbonyl (C=O) groups excluding carboxylic acids is 1. The van der Waals surface area contributed by atoms with Crippen molar-refractivity contribution in [3.63, 3.8) is 0 Å². The van der Waals surface area contributed by atoms with Gasteiger partial charge in [0.2, 0.25) is 5.91 Å². The Kier molecular flexibility index (Phi) is 6.21. The van der Waals surface area contributed by atoms with Crippen LogP contribution in [0, 0.1) is 6.92 Å². The van der Waals surface area contributed by atoms with E-state index in [1.165, 1.54) is 0 Å². The van der Waals surface area contributed by atoms with Crippen LogP contribution in [0.3, 0.4) is 0 Å². The molecule has 1 aromatic heterocycles. The summed E-state index contributed by atoms with van der Waals surface area (Å²) in [5, 5.41) is 0. The highest BCUT2D eigenvalue weighted by Crippen LogP contribution is 2.32. The maximum Gasteiger partial charge on any atom is 0.239 e. The van der Waals surface area contributed by atoms with E-state index in [-0.39, 0.29) is 35.4 Å². The van der Waals surface area contributed by atoms with E-state index in [1.807, 2.05) is 44.2 Å². The Morgan fingerprint density at radius 3 is 2.48 bits per heavy atom. The van der Waals surface area contributed by atoms with E-state index in [0.717, 1.165) is 48.8 Å². The first-order chi connectivity index (χ1) is 14.7. The average molecular weight is 446 g/mol. The Balaban J connectivity index is 1.36. The highest BCUT2D eigenvalue weighted by Gasteiger charge is 2.36.